The van der Waals surface area contributed by atoms with Crippen LogP contribution < -0.4 is 5.11 Å². The summed E-state index contributed by atoms with van der Waals surface area (Å²) < 4.78 is 103. The molecule has 8 aromatic carbocycles. The topological polar surface area (TPSA) is 88.2 Å². The van der Waals surface area contributed by atoms with Crippen LogP contribution in [0.25, 0.3) is 0 Å². The number of phenols is 2. The zero-order valence-electron chi connectivity index (χ0n) is 47.7. The Morgan fingerprint density at radius 3 is 0.812 bits per heavy atom. The predicted octanol–water partition coefficient (Wildman–Crippen LogP) is 17.1. The molecule has 0 saturated heterocycles. The van der Waals surface area contributed by atoms with Gasteiger partial charge in [0.2, 0.25) is 6.11 Å². The van der Waals surface area contributed by atoms with Crippen LogP contribution in [0.1, 0.15) is 134 Å². The van der Waals surface area contributed by atoms with E-state index in [1.54, 1.807) is 0 Å². The molecule has 1 saturated carbocycles. The Bertz CT molecular complexity index is 3090. The Labute approximate surface area is 501 Å². The molecule has 0 spiro atoms. The molecule has 8 aromatic rings. The molecule has 1 aliphatic carbocycles. The molecular formula is C70H66CoF9N2O3-. The van der Waals surface area contributed by atoms with Crippen molar-refractivity contribution >= 4 is 12.4 Å². The average Bonchev–Trinajstić information content (AvgIpc) is 2.54. The van der Waals surface area contributed by atoms with Gasteiger partial charge in [-0.3, -0.25) is 9.98 Å². The summed E-state index contributed by atoms with van der Waals surface area (Å²) in [6.07, 6.45) is -13.3. The second-order valence-corrected chi connectivity index (χ2v) is 23.3. The number of phenolic OH excluding ortho intramolecular Hbond substituents is 2. The van der Waals surface area contributed by atoms with Crippen LogP contribution in [0.15, 0.2) is 216 Å². The van der Waals surface area contributed by atoms with Gasteiger partial charge in [-0.15, -0.1) is 0 Å². The van der Waals surface area contributed by atoms with E-state index in [4.69, 9.17) is 9.98 Å². The summed E-state index contributed by atoms with van der Waals surface area (Å²) in [7, 11) is 0. The summed E-state index contributed by atoms with van der Waals surface area (Å²) in [6.45, 7) is 13.0. The molecule has 9 rings (SSSR count). The quantitative estimate of drug-likeness (QED) is 0.0685. The third-order valence-electron chi connectivity index (χ3n) is 15.7. The van der Waals surface area contributed by atoms with Crippen molar-refractivity contribution in [2.24, 2.45) is 9.98 Å². The molecule has 85 heavy (non-hydrogen) atoms. The van der Waals surface area contributed by atoms with Gasteiger partial charge in [-0.2, -0.15) is 26.3 Å². The third kappa shape index (κ3) is 13.0. The van der Waals surface area contributed by atoms with Gasteiger partial charge in [0.15, 0.2) is 0 Å². The monoisotopic (exact) mass is 1210 g/mol. The molecule has 2 N–H and O–H groups in total. The first-order valence-corrected chi connectivity index (χ1v) is 27.6. The fourth-order valence-electron chi connectivity index (χ4n) is 11.5. The van der Waals surface area contributed by atoms with Gasteiger partial charge < -0.3 is 15.3 Å². The van der Waals surface area contributed by atoms with Gasteiger partial charge in [-0.25, -0.2) is 13.2 Å². The van der Waals surface area contributed by atoms with Gasteiger partial charge in [0.05, 0.1) is 22.9 Å². The first kappa shape index (κ1) is 65.1. The number of nitrogens with zero attached hydrogens (tertiary/aromatic N) is 2. The van der Waals surface area contributed by atoms with Crippen molar-refractivity contribution in [3.05, 3.63) is 273 Å². The fraction of sp³-hybridized carbons (Fsp3) is 0.286. The van der Waals surface area contributed by atoms with E-state index in [0.29, 0.717) is 11.1 Å². The average molecular weight is 1210 g/mol. The minimum atomic E-state index is -7.08. The van der Waals surface area contributed by atoms with Crippen LogP contribution in [0, 0.1) is 0 Å². The third-order valence-corrected chi connectivity index (χ3v) is 15.7. The number of hydrogen-bond acceptors (Lipinski definition) is 5. The number of aliphatic imine (C=N–C) groups is 2. The summed E-state index contributed by atoms with van der Waals surface area (Å²) in [6, 6.07) is 72.8. The van der Waals surface area contributed by atoms with Gasteiger partial charge in [0.1, 0.15) is 11.5 Å². The first-order chi connectivity index (χ1) is 39.6. The number of alkyl halides is 9. The maximum absolute atomic E-state index is 12.3. The van der Waals surface area contributed by atoms with Gasteiger partial charge in [-0.1, -0.05) is 236 Å². The van der Waals surface area contributed by atoms with E-state index in [0.717, 1.165) is 81.3 Å². The Kier molecular flexibility index (Phi) is 19.6. The van der Waals surface area contributed by atoms with Gasteiger partial charge in [0, 0.05) is 51.5 Å². The van der Waals surface area contributed by atoms with E-state index in [1.807, 2.05) is 12.4 Å². The Hall–Kier alpha value is -7.46. The number of aromatic hydroxyl groups is 2. The molecule has 2 atom stereocenters. The van der Waals surface area contributed by atoms with E-state index in [9.17, 15) is 54.8 Å². The number of halogens is 9. The SMILES string of the molecule is CC(C)(C)c1cc(C(c2ccccc2)(c2ccccc2)c2ccccc2)cc(C=NC2CCCCC2N=Cc2cc(C(c3ccccc3)(c3ccccc3)c3ccccc3)cc(C(C)(C)C)c2O)c1O.[Co].[O-]C(F)(F)C(F)(C(F)(F)F)C(F)(F)F. The van der Waals surface area contributed by atoms with E-state index >= 15 is 0 Å². The maximum atomic E-state index is 12.3. The summed E-state index contributed by atoms with van der Waals surface area (Å²) in [4.78, 5) is 10.7. The zero-order chi connectivity index (χ0) is 60.9. The summed E-state index contributed by atoms with van der Waals surface area (Å²) in [5.74, 6) is 0.489. The van der Waals surface area contributed by atoms with Crippen molar-refractivity contribution < 1.29 is 71.6 Å². The summed E-state index contributed by atoms with van der Waals surface area (Å²) in [5, 5.41) is 33.8. The smallest absolute Gasteiger partial charge is 0.436 e. The van der Waals surface area contributed by atoms with Crippen molar-refractivity contribution in [2.75, 3.05) is 0 Å². The van der Waals surface area contributed by atoms with Gasteiger partial charge in [0.25, 0.3) is 0 Å². The second kappa shape index (κ2) is 25.6. The second-order valence-electron chi connectivity index (χ2n) is 23.3. The molecule has 447 valence electrons. The van der Waals surface area contributed by atoms with Crippen molar-refractivity contribution in [3.63, 3.8) is 0 Å². The molecule has 5 nitrogen and oxygen atoms in total. The molecule has 2 unspecified atom stereocenters. The zero-order valence-corrected chi connectivity index (χ0v) is 48.7. The fourth-order valence-corrected chi connectivity index (χ4v) is 11.5. The van der Waals surface area contributed by atoms with Crippen LogP contribution in [0.4, 0.5) is 39.5 Å². The Balaban J connectivity index is 0.000000612. The molecule has 0 amide bonds. The Morgan fingerprint density at radius 1 is 0.388 bits per heavy atom. The molecular weight excluding hydrogens is 1150 g/mol. The van der Waals surface area contributed by atoms with Crippen LogP contribution in [-0.4, -0.2) is 58.9 Å². The number of hydrogen-bond donors (Lipinski definition) is 2. The number of benzene rings is 8. The molecule has 0 bridgehead atoms. The summed E-state index contributed by atoms with van der Waals surface area (Å²) >= 11 is 0. The van der Waals surface area contributed by atoms with Crippen LogP contribution in [0.3, 0.4) is 0 Å². The standard InChI is InChI=1S/C66H66N2O2.C4F9O.Co/c1-63(2,3)57-43-55(65(49-27-13-7-14-28-49,50-29-15-8-16-30-50)51-31-17-9-18-32-51)41-47(61(57)69)45-67-59-39-25-26-40-60(59)68-46-48-42-56(44-58(62(48)70)64(4,5)6)66(52-33-19-10-20-34-52,53-35-21-11-22-36-53)54-37-23-12-24-38-54;5-1(2(6,7)8,3(9,10)11)4(12,13)14;/h7-24,27-38,41-46,59-60,69-70H,25-26,39-40H2,1-6H3;;/q;-1;. The molecule has 1 fully saturated rings. The van der Waals surface area contributed by atoms with Gasteiger partial charge in [-0.05, 0) is 92.4 Å². The number of rotatable bonds is 13. The molecule has 0 aliphatic heterocycles. The van der Waals surface area contributed by atoms with E-state index in [-0.39, 0.29) is 51.2 Å². The van der Waals surface area contributed by atoms with Crippen molar-refractivity contribution in [1.29, 1.82) is 0 Å². The van der Waals surface area contributed by atoms with E-state index < -0.39 is 35.0 Å². The van der Waals surface area contributed by atoms with Crippen molar-refractivity contribution in [2.45, 2.75) is 125 Å². The van der Waals surface area contributed by atoms with Crippen LogP contribution in [0.5, 0.6) is 11.5 Å². The van der Waals surface area contributed by atoms with Crippen LogP contribution in [-0.2, 0) is 38.4 Å². The predicted molar refractivity (Wildman–Crippen MR) is 312 cm³/mol. The Morgan fingerprint density at radius 2 is 0.624 bits per heavy atom. The summed E-state index contributed by atoms with van der Waals surface area (Å²) in [5.41, 5.74) is 2.80. The first-order valence-electron chi connectivity index (χ1n) is 27.6. The molecule has 1 aliphatic rings. The van der Waals surface area contributed by atoms with Crippen molar-refractivity contribution in [3.8, 4) is 11.5 Å². The minimum absolute atomic E-state index is 0. The van der Waals surface area contributed by atoms with Crippen LogP contribution >= 0.6 is 0 Å². The molecule has 0 aromatic heterocycles. The molecule has 15 heteroatoms. The van der Waals surface area contributed by atoms with E-state index in [2.05, 4.69) is 248 Å². The maximum Gasteiger partial charge on any atom is 0.436 e. The molecule has 1 radical (unpaired) electrons. The van der Waals surface area contributed by atoms with Gasteiger partial charge >= 0.3 is 18.0 Å². The minimum Gasteiger partial charge on any atom is -0.795 e. The van der Waals surface area contributed by atoms with Crippen molar-refractivity contribution in [1.82, 2.24) is 0 Å². The normalized spacial score (nSPS) is 15.7. The largest absolute Gasteiger partial charge is 0.795 e. The van der Waals surface area contributed by atoms with Crippen LogP contribution in [0.2, 0.25) is 0 Å². The van der Waals surface area contributed by atoms with E-state index in [1.165, 1.54) is 0 Å². The molecule has 0 heterocycles.